The summed E-state index contributed by atoms with van der Waals surface area (Å²) in [4.78, 5) is 12.3. The molecule has 138 valence electrons. The minimum absolute atomic E-state index is 0.0294. The van der Waals surface area contributed by atoms with Crippen LogP contribution in [0.1, 0.15) is 23.6 Å². The third kappa shape index (κ3) is 5.31. The van der Waals surface area contributed by atoms with Crippen LogP contribution in [0.5, 0.6) is 5.75 Å². The molecule has 0 radical (unpaired) electrons. The van der Waals surface area contributed by atoms with Crippen molar-refractivity contribution in [1.29, 1.82) is 0 Å². The van der Waals surface area contributed by atoms with Crippen molar-refractivity contribution in [3.63, 3.8) is 0 Å². The van der Waals surface area contributed by atoms with E-state index in [1.54, 1.807) is 0 Å². The first-order valence-electron chi connectivity index (χ1n) is 9.03. The summed E-state index contributed by atoms with van der Waals surface area (Å²) in [7, 11) is 0. The molecule has 1 amide bonds. The number of nitrogens with one attached hydrogen (secondary N) is 1. The van der Waals surface area contributed by atoms with Gasteiger partial charge < -0.3 is 19.5 Å². The molecule has 0 bridgehead atoms. The van der Waals surface area contributed by atoms with Gasteiger partial charge in [0.1, 0.15) is 5.75 Å². The highest BCUT2D eigenvalue weighted by atomic mass is 16.5. The summed E-state index contributed by atoms with van der Waals surface area (Å²) < 4.78 is 16.3. The fourth-order valence-corrected chi connectivity index (χ4v) is 2.93. The number of carbonyl (C=O) groups is 1. The van der Waals surface area contributed by atoms with E-state index in [0.717, 1.165) is 35.6 Å². The van der Waals surface area contributed by atoms with Crippen LogP contribution in [0, 0.1) is 0 Å². The summed E-state index contributed by atoms with van der Waals surface area (Å²) in [6.07, 6.45) is 1.26. The molecule has 2 aromatic rings. The summed E-state index contributed by atoms with van der Waals surface area (Å²) in [5.74, 6) is 0.907. The van der Waals surface area contributed by atoms with Crippen LogP contribution >= 0.6 is 0 Å². The first-order chi connectivity index (χ1) is 12.7. The molecule has 1 aliphatic rings. The van der Waals surface area contributed by atoms with Gasteiger partial charge in [0.25, 0.3) is 0 Å². The average molecular weight is 355 g/mol. The molecule has 2 aromatic carbocycles. The molecule has 0 aromatic heterocycles. The lowest BCUT2D eigenvalue weighted by Gasteiger charge is -2.09. The number of hydrogen-bond donors (Lipinski definition) is 1. The van der Waals surface area contributed by atoms with Gasteiger partial charge in [0.05, 0.1) is 32.8 Å². The predicted octanol–water partition coefficient (Wildman–Crippen LogP) is 3.36. The molecule has 5 heteroatoms. The standard InChI is InChI=1S/C21H25NO4/c1-2-24-10-11-25-15-17-4-3-5-19(13-17)22-21(23)14-16-6-7-20-18(12-16)8-9-26-20/h3-7,12-13H,2,8-11,14-15H2,1H3,(H,22,23). The molecule has 5 nitrogen and oxygen atoms in total. The maximum atomic E-state index is 12.3. The largest absolute Gasteiger partial charge is 0.493 e. The van der Waals surface area contributed by atoms with Crippen LogP contribution < -0.4 is 10.1 Å². The lowest BCUT2D eigenvalue weighted by Crippen LogP contribution is -2.14. The minimum atomic E-state index is -0.0294. The number of ether oxygens (including phenoxy) is 3. The topological polar surface area (TPSA) is 56.8 Å². The van der Waals surface area contributed by atoms with Gasteiger partial charge in [0.2, 0.25) is 5.91 Å². The molecule has 0 atom stereocenters. The molecule has 0 aliphatic carbocycles. The number of benzene rings is 2. The van der Waals surface area contributed by atoms with Crippen molar-refractivity contribution in [3.05, 3.63) is 59.2 Å². The van der Waals surface area contributed by atoms with Crippen LogP contribution in [0.4, 0.5) is 5.69 Å². The fraction of sp³-hybridized carbons (Fsp3) is 0.381. The van der Waals surface area contributed by atoms with Crippen molar-refractivity contribution >= 4 is 11.6 Å². The molecule has 0 saturated heterocycles. The summed E-state index contributed by atoms with van der Waals surface area (Å²) in [5.41, 5.74) is 3.99. The quantitative estimate of drug-likeness (QED) is 0.701. The van der Waals surface area contributed by atoms with Gasteiger partial charge in [-0.2, -0.15) is 0 Å². The van der Waals surface area contributed by atoms with E-state index in [-0.39, 0.29) is 5.91 Å². The van der Waals surface area contributed by atoms with Crippen LogP contribution in [0.25, 0.3) is 0 Å². The van der Waals surface area contributed by atoms with Crippen LogP contribution in [-0.2, 0) is 33.7 Å². The average Bonchev–Trinajstić information content (AvgIpc) is 3.09. The van der Waals surface area contributed by atoms with E-state index >= 15 is 0 Å². The lowest BCUT2D eigenvalue weighted by molar-refractivity contribution is -0.115. The van der Waals surface area contributed by atoms with Gasteiger partial charge in [-0.3, -0.25) is 4.79 Å². The highest BCUT2D eigenvalue weighted by Gasteiger charge is 2.13. The van der Waals surface area contributed by atoms with Gasteiger partial charge in [-0.15, -0.1) is 0 Å². The van der Waals surface area contributed by atoms with E-state index in [9.17, 15) is 4.79 Å². The van der Waals surface area contributed by atoms with E-state index in [1.807, 2.05) is 43.3 Å². The Kier molecular flexibility index (Phi) is 6.63. The Hall–Kier alpha value is -2.37. The van der Waals surface area contributed by atoms with Gasteiger partial charge in [-0.05, 0) is 41.8 Å². The van der Waals surface area contributed by atoms with Crippen molar-refractivity contribution in [2.24, 2.45) is 0 Å². The molecular formula is C21H25NO4. The zero-order valence-electron chi connectivity index (χ0n) is 15.1. The van der Waals surface area contributed by atoms with E-state index in [4.69, 9.17) is 14.2 Å². The van der Waals surface area contributed by atoms with Crippen LogP contribution in [0.3, 0.4) is 0 Å². The van der Waals surface area contributed by atoms with Crippen molar-refractivity contribution in [2.45, 2.75) is 26.4 Å². The molecule has 0 spiro atoms. The fourth-order valence-electron chi connectivity index (χ4n) is 2.93. The molecule has 0 fully saturated rings. The Morgan fingerprint density at radius 3 is 2.88 bits per heavy atom. The van der Waals surface area contributed by atoms with E-state index in [1.165, 1.54) is 5.56 Å². The Morgan fingerprint density at radius 2 is 2.00 bits per heavy atom. The normalized spacial score (nSPS) is 12.5. The SMILES string of the molecule is CCOCCOCc1cccc(NC(=O)Cc2ccc3c(c2)CCO3)c1. The van der Waals surface area contributed by atoms with Crippen molar-refractivity contribution < 1.29 is 19.0 Å². The third-order valence-corrected chi connectivity index (χ3v) is 4.17. The Morgan fingerprint density at radius 1 is 1.12 bits per heavy atom. The highest BCUT2D eigenvalue weighted by Crippen LogP contribution is 2.26. The minimum Gasteiger partial charge on any atom is -0.493 e. The van der Waals surface area contributed by atoms with Gasteiger partial charge >= 0.3 is 0 Å². The van der Waals surface area contributed by atoms with Gasteiger partial charge in [0.15, 0.2) is 0 Å². The van der Waals surface area contributed by atoms with Crippen LogP contribution in [0.15, 0.2) is 42.5 Å². The number of carbonyl (C=O) groups excluding carboxylic acids is 1. The van der Waals surface area contributed by atoms with Crippen LogP contribution in [-0.4, -0.2) is 32.3 Å². The van der Waals surface area contributed by atoms with Crippen molar-refractivity contribution in [1.82, 2.24) is 0 Å². The molecule has 0 saturated carbocycles. The van der Waals surface area contributed by atoms with E-state index in [2.05, 4.69) is 11.4 Å². The summed E-state index contributed by atoms with van der Waals surface area (Å²) >= 11 is 0. The zero-order chi connectivity index (χ0) is 18.2. The maximum Gasteiger partial charge on any atom is 0.228 e. The van der Waals surface area contributed by atoms with Gasteiger partial charge in [0, 0.05) is 18.7 Å². The van der Waals surface area contributed by atoms with Gasteiger partial charge in [-0.1, -0.05) is 24.3 Å². The number of anilines is 1. The molecule has 26 heavy (non-hydrogen) atoms. The monoisotopic (exact) mass is 355 g/mol. The molecule has 1 N–H and O–H groups in total. The summed E-state index contributed by atoms with van der Waals surface area (Å²) in [6.45, 7) is 5.04. The molecule has 1 heterocycles. The molecule has 3 rings (SSSR count). The maximum absolute atomic E-state index is 12.3. The second-order valence-corrected chi connectivity index (χ2v) is 6.22. The van der Waals surface area contributed by atoms with Crippen molar-refractivity contribution in [3.8, 4) is 5.75 Å². The van der Waals surface area contributed by atoms with Gasteiger partial charge in [-0.25, -0.2) is 0 Å². The number of hydrogen-bond acceptors (Lipinski definition) is 4. The molecular weight excluding hydrogens is 330 g/mol. The predicted molar refractivity (Wildman–Crippen MR) is 101 cm³/mol. The zero-order valence-corrected chi connectivity index (χ0v) is 15.1. The second-order valence-electron chi connectivity index (χ2n) is 6.22. The summed E-state index contributed by atoms with van der Waals surface area (Å²) in [5, 5.41) is 2.96. The highest BCUT2D eigenvalue weighted by molar-refractivity contribution is 5.92. The molecule has 0 unspecified atom stereocenters. The van der Waals surface area contributed by atoms with Crippen LogP contribution in [0.2, 0.25) is 0 Å². The first-order valence-corrected chi connectivity index (χ1v) is 9.03. The molecule has 1 aliphatic heterocycles. The Labute approximate surface area is 154 Å². The Bertz CT molecular complexity index is 745. The first kappa shape index (κ1) is 18.4. The number of amides is 1. The van der Waals surface area contributed by atoms with E-state index in [0.29, 0.717) is 32.8 Å². The second kappa shape index (κ2) is 9.36. The lowest BCUT2D eigenvalue weighted by atomic mass is 10.1. The number of fused-ring (bicyclic) bond motifs is 1. The van der Waals surface area contributed by atoms with E-state index < -0.39 is 0 Å². The smallest absolute Gasteiger partial charge is 0.228 e. The van der Waals surface area contributed by atoms with Crippen molar-refractivity contribution in [2.75, 3.05) is 31.7 Å². The third-order valence-electron chi connectivity index (χ3n) is 4.17. The summed E-state index contributed by atoms with van der Waals surface area (Å²) in [6, 6.07) is 13.7. The Balaban J connectivity index is 1.50. The number of rotatable bonds is 9.